The second-order valence-electron chi connectivity index (χ2n) is 6.18. The first-order valence-corrected chi connectivity index (χ1v) is 7.54. The average molecular weight is 268 g/mol. The van der Waals surface area contributed by atoms with Gasteiger partial charge in [0.2, 0.25) is 0 Å². The van der Waals surface area contributed by atoms with Crippen LogP contribution in [0.3, 0.4) is 0 Å². The molecule has 0 N–H and O–H groups in total. The van der Waals surface area contributed by atoms with Crippen molar-refractivity contribution in [3.05, 3.63) is 47.3 Å². The fraction of sp³-hybridized carbons (Fsp3) is 0.471. The van der Waals surface area contributed by atoms with Crippen LogP contribution in [-0.2, 0) is 5.54 Å². The largest absolute Gasteiger partial charge is 0.358 e. The van der Waals surface area contributed by atoms with E-state index in [-0.39, 0.29) is 5.54 Å². The molecule has 1 aliphatic carbocycles. The topological polar surface area (TPSA) is 29.3 Å². The highest BCUT2D eigenvalue weighted by molar-refractivity contribution is 5.61. The molecule has 1 aromatic carbocycles. The zero-order valence-corrected chi connectivity index (χ0v) is 12.1. The Kier molecular flexibility index (Phi) is 2.47. The molecule has 0 radical (unpaired) electrons. The summed E-state index contributed by atoms with van der Waals surface area (Å²) in [6.07, 6.45) is 6.81. The second kappa shape index (κ2) is 4.11. The molecule has 3 nitrogen and oxygen atoms in total. The highest BCUT2D eigenvalue weighted by Crippen LogP contribution is 2.56. The van der Waals surface area contributed by atoms with Crippen molar-refractivity contribution in [1.29, 1.82) is 0 Å². The summed E-state index contributed by atoms with van der Waals surface area (Å²) in [5, 5.41) is 4.06. The van der Waals surface area contributed by atoms with Crippen LogP contribution in [0.5, 0.6) is 0 Å². The molecular formula is C17H20N2O. The van der Waals surface area contributed by atoms with Gasteiger partial charge in [-0.05, 0) is 38.3 Å². The molecule has 4 rings (SSSR count). The van der Waals surface area contributed by atoms with Gasteiger partial charge in [-0.2, -0.15) is 0 Å². The lowest BCUT2D eigenvalue weighted by Crippen LogP contribution is -2.40. The van der Waals surface area contributed by atoms with E-state index >= 15 is 0 Å². The van der Waals surface area contributed by atoms with Crippen molar-refractivity contribution in [3.8, 4) is 0 Å². The molecule has 2 heterocycles. The van der Waals surface area contributed by atoms with Crippen molar-refractivity contribution in [2.24, 2.45) is 0 Å². The van der Waals surface area contributed by atoms with Crippen molar-refractivity contribution >= 4 is 5.69 Å². The standard InChI is InChI=1S/C17H20N2O/c1-12-7-3-4-8-15(12)19-13(2)14-11-18-20-16(14)17(19)9-5-6-10-17/h3-4,7-8,11,13H,5-6,9-10H2,1-2H3/t13-/m0/s1. The van der Waals surface area contributed by atoms with Gasteiger partial charge in [-0.1, -0.05) is 36.2 Å². The number of para-hydroxylation sites is 1. The van der Waals surface area contributed by atoms with Gasteiger partial charge in [-0.25, -0.2) is 0 Å². The SMILES string of the molecule is Cc1ccccc1N1[C@@H](C)c2cnoc2C12CCCC2. The third-order valence-electron chi connectivity index (χ3n) is 5.12. The van der Waals surface area contributed by atoms with Crippen LogP contribution < -0.4 is 4.90 Å². The van der Waals surface area contributed by atoms with Crippen LogP contribution in [0.15, 0.2) is 35.0 Å². The summed E-state index contributed by atoms with van der Waals surface area (Å²) < 4.78 is 5.68. The number of benzene rings is 1. The van der Waals surface area contributed by atoms with Gasteiger partial charge >= 0.3 is 0 Å². The van der Waals surface area contributed by atoms with E-state index in [2.05, 4.69) is 48.2 Å². The summed E-state index contributed by atoms with van der Waals surface area (Å²) in [5.41, 5.74) is 3.99. The molecule has 1 aliphatic heterocycles. The van der Waals surface area contributed by atoms with Crippen molar-refractivity contribution in [2.75, 3.05) is 4.90 Å². The second-order valence-corrected chi connectivity index (χ2v) is 6.18. The molecule has 2 aliphatic rings. The van der Waals surface area contributed by atoms with E-state index in [1.54, 1.807) is 0 Å². The highest BCUT2D eigenvalue weighted by atomic mass is 16.5. The first-order chi connectivity index (χ1) is 9.74. The van der Waals surface area contributed by atoms with Gasteiger partial charge in [0.15, 0.2) is 5.76 Å². The molecule has 0 amide bonds. The van der Waals surface area contributed by atoms with Crippen LogP contribution >= 0.6 is 0 Å². The van der Waals surface area contributed by atoms with Gasteiger partial charge in [0.1, 0.15) is 5.54 Å². The monoisotopic (exact) mass is 268 g/mol. The van der Waals surface area contributed by atoms with Crippen LogP contribution in [0.2, 0.25) is 0 Å². The normalized spacial score (nSPS) is 23.5. The fourth-order valence-corrected chi connectivity index (χ4v) is 4.22. The lowest BCUT2D eigenvalue weighted by Gasteiger charge is -2.39. The summed E-state index contributed by atoms with van der Waals surface area (Å²) in [4.78, 5) is 2.59. The van der Waals surface area contributed by atoms with E-state index in [9.17, 15) is 0 Å². The summed E-state index contributed by atoms with van der Waals surface area (Å²) in [6, 6.07) is 9.03. The fourth-order valence-electron chi connectivity index (χ4n) is 4.22. The third kappa shape index (κ3) is 1.38. The molecule has 20 heavy (non-hydrogen) atoms. The van der Waals surface area contributed by atoms with Crippen LogP contribution in [0.4, 0.5) is 5.69 Å². The first kappa shape index (κ1) is 12.0. The lowest BCUT2D eigenvalue weighted by molar-refractivity contribution is 0.288. The van der Waals surface area contributed by atoms with E-state index in [1.807, 2.05) is 6.20 Å². The summed E-state index contributed by atoms with van der Waals surface area (Å²) >= 11 is 0. The Labute approximate surface area is 119 Å². The lowest BCUT2D eigenvalue weighted by atomic mass is 9.93. The van der Waals surface area contributed by atoms with Gasteiger partial charge in [0.05, 0.1) is 12.2 Å². The number of aryl methyl sites for hydroxylation is 1. The minimum atomic E-state index is 0.0391. The molecule has 1 aromatic heterocycles. The Balaban J connectivity index is 1.91. The maximum atomic E-state index is 5.68. The van der Waals surface area contributed by atoms with Gasteiger partial charge in [-0.3, -0.25) is 0 Å². The Bertz CT molecular complexity index is 640. The predicted octanol–water partition coefficient (Wildman–Crippen LogP) is 4.33. The van der Waals surface area contributed by atoms with Crippen LogP contribution in [0, 0.1) is 6.92 Å². The van der Waals surface area contributed by atoms with Crippen LogP contribution in [-0.4, -0.2) is 5.16 Å². The minimum absolute atomic E-state index is 0.0391. The average Bonchev–Trinajstić information content (AvgIpc) is 3.12. The molecule has 1 spiro atoms. The number of fused-ring (bicyclic) bond motifs is 2. The first-order valence-electron chi connectivity index (χ1n) is 7.54. The Hall–Kier alpha value is -1.77. The summed E-state index contributed by atoms with van der Waals surface area (Å²) in [6.45, 7) is 4.47. The van der Waals surface area contributed by atoms with Crippen molar-refractivity contribution in [1.82, 2.24) is 5.16 Å². The Morgan fingerprint density at radius 3 is 2.75 bits per heavy atom. The molecule has 3 heteroatoms. The van der Waals surface area contributed by atoms with E-state index < -0.39 is 0 Å². The minimum Gasteiger partial charge on any atom is -0.358 e. The van der Waals surface area contributed by atoms with E-state index in [0.717, 1.165) is 5.76 Å². The zero-order chi connectivity index (χ0) is 13.7. The maximum absolute atomic E-state index is 5.68. The molecule has 1 fully saturated rings. The predicted molar refractivity (Wildman–Crippen MR) is 78.7 cm³/mol. The molecule has 1 atom stereocenters. The van der Waals surface area contributed by atoms with Gasteiger partial charge in [0, 0.05) is 11.3 Å². The molecule has 0 bridgehead atoms. The number of hydrogen-bond acceptors (Lipinski definition) is 3. The quantitative estimate of drug-likeness (QED) is 0.770. The number of anilines is 1. The van der Waals surface area contributed by atoms with Gasteiger partial charge < -0.3 is 9.42 Å². The van der Waals surface area contributed by atoms with E-state index in [4.69, 9.17) is 4.52 Å². The smallest absolute Gasteiger partial charge is 0.167 e. The molecule has 1 saturated carbocycles. The van der Waals surface area contributed by atoms with Gasteiger partial charge in [0.25, 0.3) is 0 Å². The molecule has 2 aromatic rings. The zero-order valence-electron chi connectivity index (χ0n) is 12.1. The molecule has 0 saturated heterocycles. The van der Waals surface area contributed by atoms with Gasteiger partial charge in [-0.15, -0.1) is 0 Å². The Morgan fingerprint density at radius 2 is 2.00 bits per heavy atom. The molecular weight excluding hydrogens is 248 g/mol. The van der Waals surface area contributed by atoms with Crippen LogP contribution in [0.25, 0.3) is 0 Å². The van der Waals surface area contributed by atoms with Crippen molar-refractivity contribution in [3.63, 3.8) is 0 Å². The molecule has 0 unspecified atom stereocenters. The Morgan fingerprint density at radius 1 is 1.25 bits per heavy atom. The van der Waals surface area contributed by atoms with Crippen molar-refractivity contribution < 1.29 is 4.52 Å². The maximum Gasteiger partial charge on any atom is 0.167 e. The number of rotatable bonds is 1. The number of aromatic nitrogens is 1. The third-order valence-corrected chi connectivity index (χ3v) is 5.12. The summed E-state index contributed by atoms with van der Waals surface area (Å²) in [5.74, 6) is 1.12. The number of hydrogen-bond donors (Lipinski definition) is 0. The molecule has 104 valence electrons. The van der Waals surface area contributed by atoms with Crippen molar-refractivity contribution in [2.45, 2.75) is 51.1 Å². The van der Waals surface area contributed by atoms with E-state index in [1.165, 1.54) is 42.5 Å². The summed E-state index contributed by atoms with van der Waals surface area (Å²) in [7, 11) is 0. The number of nitrogens with zero attached hydrogens (tertiary/aromatic N) is 2. The van der Waals surface area contributed by atoms with E-state index in [0.29, 0.717) is 6.04 Å². The highest BCUT2D eigenvalue weighted by Gasteiger charge is 2.53. The van der Waals surface area contributed by atoms with Crippen LogP contribution in [0.1, 0.15) is 55.5 Å².